The molecule has 1 aromatic carbocycles. The monoisotopic (exact) mass is 437 g/mol. The van der Waals surface area contributed by atoms with E-state index < -0.39 is 0 Å². The van der Waals surface area contributed by atoms with Crippen LogP contribution in [0.25, 0.3) is 0 Å². The average molecular weight is 438 g/mol. The maximum absolute atomic E-state index is 12.8. The van der Waals surface area contributed by atoms with Gasteiger partial charge in [-0.2, -0.15) is 5.10 Å². The van der Waals surface area contributed by atoms with Crippen LogP contribution in [0.3, 0.4) is 0 Å². The van der Waals surface area contributed by atoms with Crippen LogP contribution in [0.1, 0.15) is 52.9 Å². The van der Waals surface area contributed by atoms with Crippen molar-refractivity contribution < 1.29 is 4.79 Å². The minimum atomic E-state index is 0.168. The Morgan fingerprint density at radius 2 is 1.97 bits per heavy atom. The highest BCUT2D eigenvalue weighted by Crippen LogP contribution is 2.28. The van der Waals surface area contributed by atoms with E-state index in [-0.39, 0.29) is 11.8 Å². The lowest BCUT2D eigenvalue weighted by Gasteiger charge is -2.17. The third-order valence-electron chi connectivity index (χ3n) is 5.79. The van der Waals surface area contributed by atoms with Crippen molar-refractivity contribution >= 4 is 17.5 Å². The SMILES string of the molecule is Cc1cc(Cc2cccc(Cl)c2)cc([C@@H]2CCN(C(=O)CCn3nc(C)nc3C)C2)n1. The fraction of sp³-hybridized carbons (Fsp3) is 0.417. The zero-order chi connectivity index (χ0) is 22.0. The molecule has 0 unspecified atom stereocenters. The number of pyridine rings is 1. The van der Waals surface area contributed by atoms with E-state index in [2.05, 4.69) is 28.3 Å². The van der Waals surface area contributed by atoms with Crippen molar-refractivity contribution in [2.45, 2.75) is 52.5 Å². The molecular formula is C24H28ClN5O. The molecule has 0 radical (unpaired) electrons. The van der Waals surface area contributed by atoms with Gasteiger partial charge in [0.05, 0.1) is 6.54 Å². The summed E-state index contributed by atoms with van der Waals surface area (Å²) in [6.45, 7) is 7.89. The van der Waals surface area contributed by atoms with Crippen molar-refractivity contribution in [1.82, 2.24) is 24.6 Å². The first kappa shape index (κ1) is 21.5. The zero-order valence-electron chi connectivity index (χ0n) is 18.3. The summed E-state index contributed by atoms with van der Waals surface area (Å²) in [5.74, 6) is 2.03. The first-order chi connectivity index (χ1) is 14.9. The second-order valence-electron chi connectivity index (χ2n) is 8.35. The van der Waals surface area contributed by atoms with Crippen molar-refractivity contribution in [1.29, 1.82) is 0 Å². The predicted molar refractivity (Wildman–Crippen MR) is 121 cm³/mol. The van der Waals surface area contributed by atoms with E-state index in [1.807, 2.05) is 48.6 Å². The highest BCUT2D eigenvalue weighted by molar-refractivity contribution is 6.30. The van der Waals surface area contributed by atoms with Crippen LogP contribution in [0, 0.1) is 20.8 Å². The normalized spacial score (nSPS) is 16.1. The van der Waals surface area contributed by atoms with Gasteiger partial charge in [0.1, 0.15) is 11.6 Å². The first-order valence-corrected chi connectivity index (χ1v) is 11.1. The molecule has 3 aromatic rings. The van der Waals surface area contributed by atoms with Crippen LogP contribution in [-0.2, 0) is 17.8 Å². The lowest BCUT2D eigenvalue weighted by molar-refractivity contribution is -0.130. The number of amides is 1. The molecule has 2 aromatic heterocycles. The molecule has 0 bridgehead atoms. The van der Waals surface area contributed by atoms with E-state index in [9.17, 15) is 4.79 Å². The fourth-order valence-electron chi connectivity index (χ4n) is 4.32. The molecule has 0 N–H and O–H groups in total. The van der Waals surface area contributed by atoms with Gasteiger partial charge in [-0.15, -0.1) is 0 Å². The van der Waals surface area contributed by atoms with Crippen LogP contribution in [-0.4, -0.2) is 43.6 Å². The van der Waals surface area contributed by atoms with Crippen LogP contribution >= 0.6 is 11.6 Å². The molecule has 1 fully saturated rings. The summed E-state index contributed by atoms with van der Waals surface area (Å²) < 4.78 is 1.81. The molecule has 6 nitrogen and oxygen atoms in total. The van der Waals surface area contributed by atoms with Gasteiger partial charge in [-0.1, -0.05) is 23.7 Å². The maximum Gasteiger partial charge on any atom is 0.224 e. The molecule has 0 saturated carbocycles. The summed E-state index contributed by atoms with van der Waals surface area (Å²) in [5, 5.41) is 5.10. The molecule has 0 spiro atoms. The van der Waals surface area contributed by atoms with Crippen molar-refractivity contribution in [2.24, 2.45) is 0 Å². The Bertz CT molecular complexity index is 1090. The van der Waals surface area contributed by atoms with E-state index in [4.69, 9.17) is 16.6 Å². The van der Waals surface area contributed by atoms with Crippen molar-refractivity contribution in [3.05, 3.63) is 75.6 Å². The number of likely N-dealkylation sites (tertiary alicyclic amines) is 1. The molecule has 0 aliphatic carbocycles. The molecular weight excluding hydrogens is 410 g/mol. The Hall–Kier alpha value is -2.73. The van der Waals surface area contributed by atoms with Gasteiger partial charge in [-0.3, -0.25) is 9.78 Å². The molecule has 3 heterocycles. The molecule has 1 atom stereocenters. The quantitative estimate of drug-likeness (QED) is 0.578. The molecule has 7 heteroatoms. The number of hydrogen-bond donors (Lipinski definition) is 0. The predicted octanol–water partition coefficient (Wildman–Crippen LogP) is 4.25. The van der Waals surface area contributed by atoms with Crippen LogP contribution in [0.2, 0.25) is 5.02 Å². The number of halogens is 1. The Morgan fingerprint density at radius 3 is 2.71 bits per heavy atom. The maximum atomic E-state index is 12.8. The van der Waals surface area contributed by atoms with Gasteiger partial charge >= 0.3 is 0 Å². The van der Waals surface area contributed by atoms with Crippen molar-refractivity contribution in [3.8, 4) is 0 Å². The van der Waals surface area contributed by atoms with Crippen LogP contribution in [0.15, 0.2) is 36.4 Å². The molecule has 4 rings (SSSR count). The van der Waals surface area contributed by atoms with Crippen molar-refractivity contribution in [2.75, 3.05) is 13.1 Å². The topological polar surface area (TPSA) is 63.9 Å². The lowest BCUT2D eigenvalue weighted by Crippen LogP contribution is -2.29. The Balaban J connectivity index is 1.39. The molecule has 162 valence electrons. The summed E-state index contributed by atoms with van der Waals surface area (Å²) in [6.07, 6.45) is 2.21. The molecule has 1 saturated heterocycles. The Morgan fingerprint density at radius 1 is 1.13 bits per heavy atom. The number of aryl methyl sites for hydroxylation is 4. The average Bonchev–Trinajstić information content (AvgIpc) is 3.32. The minimum absolute atomic E-state index is 0.168. The van der Waals surface area contributed by atoms with Gasteiger partial charge < -0.3 is 4.90 Å². The number of hydrogen-bond acceptors (Lipinski definition) is 4. The van der Waals surface area contributed by atoms with E-state index >= 15 is 0 Å². The highest BCUT2D eigenvalue weighted by atomic mass is 35.5. The van der Waals surface area contributed by atoms with Gasteiger partial charge in [-0.25, -0.2) is 9.67 Å². The van der Waals surface area contributed by atoms with Crippen LogP contribution in [0.4, 0.5) is 0 Å². The Kier molecular flexibility index (Phi) is 6.37. The number of rotatable bonds is 6. The van der Waals surface area contributed by atoms with Crippen molar-refractivity contribution in [3.63, 3.8) is 0 Å². The summed E-state index contributed by atoms with van der Waals surface area (Å²) in [4.78, 5) is 23.8. The fourth-order valence-corrected chi connectivity index (χ4v) is 4.54. The van der Waals surface area contributed by atoms with E-state index in [1.54, 1.807) is 0 Å². The van der Waals surface area contributed by atoms with Crippen LogP contribution in [0.5, 0.6) is 0 Å². The molecule has 1 aliphatic heterocycles. The Labute approximate surface area is 188 Å². The largest absolute Gasteiger partial charge is 0.342 e. The minimum Gasteiger partial charge on any atom is -0.342 e. The zero-order valence-corrected chi connectivity index (χ0v) is 19.1. The second kappa shape index (κ2) is 9.18. The number of benzene rings is 1. The summed E-state index contributed by atoms with van der Waals surface area (Å²) >= 11 is 6.14. The number of carbonyl (C=O) groups excluding carboxylic acids is 1. The van der Waals surface area contributed by atoms with Gasteiger partial charge in [-0.05, 0) is 69.0 Å². The summed E-state index contributed by atoms with van der Waals surface area (Å²) in [6, 6.07) is 12.3. The van der Waals surface area contributed by atoms with Gasteiger partial charge in [0.2, 0.25) is 5.91 Å². The molecule has 1 amide bonds. The number of nitrogens with zero attached hydrogens (tertiary/aromatic N) is 5. The standard InChI is InChI=1S/C24H28ClN5O/c1-16-11-20(12-19-5-4-6-22(25)13-19)14-23(26-16)21-7-9-29(15-21)24(31)8-10-30-18(3)27-17(2)28-30/h4-6,11,13-14,21H,7-10,12,15H2,1-3H3/t21-/m1/s1. The first-order valence-electron chi connectivity index (χ1n) is 10.7. The highest BCUT2D eigenvalue weighted by Gasteiger charge is 2.28. The number of aromatic nitrogens is 4. The third kappa shape index (κ3) is 5.31. The van der Waals surface area contributed by atoms with Gasteiger partial charge in [0.15, 0.2) is 0 Å². The summed E-state index contributed by atoms with van der Waals surface area (Å²) in [5.41, 5.74) is 4.50. The molecule has 31 heavy (non-hydrogen) atoms. The molecule has 1 aliphatic rings. The van der Waals surface area contributed by atoms with E-state index in [1.165, 1.54) is 11.1 Å². The van der Waals surface area contributed by atoms with Crippen LogP contribution < -0.4 is 0 Å². The van der Waals surface area contributed by atoms with Gasteiger partial charge in [0, 0.05) is 41.8 Å². The van der Waals surface area contributed by atoms with E-state index in [0.29, 0.717) is 13.0 Å². The third-order valence-corrected chi connectivity index (χ3v) is 6.02. The smallest absolute Gasteiger partial charge is 0.224 e. The van der Waals surface area contributed by atoms with Gasteiger partial charge in [0.25, 0.3) is 0 Å². The summed E-state index contributed by atoms with van der Waals surface area (Å²) in [7, 11) is 0. The van der Waals surface area contributed by atoms with E-state index in [0.717, 1.165) is 54.0 Å². The second-order valence-corrected chi connectivity index (χ2v) is 8.79. The number of carbonyl (C=O) groups is 1. The lowest BCUT2D eigenvalue weighted by atomic mass is 9.98.